The summed E-state index contributed by atoms with van der Waals surface area (Å²) in [5, 5.41) is 27.4. The highest BCUT2D eigenvalue weighted by atomic mass is 17.1. The molecule has 0 fully saturated rings. The first-order valence-corrected chi connectivity index (χ1v) is 8.34. The minimum atomic E-state index is -1.18. The van der Waals surface area contributed by atoms with E-state index < -0.39 is 36.3 Å². The zero-order valence-electron chi connectivity index (χ0n) is 15.6. The van der Waals surface area contributed by atoms with Crippen LogP contribution < -0.4 is 5.32 Å². The van der Waals surface area contributed by atoms with Gasteiger partial charge >= 0.3 is 18.0 Å². The molecule has 0 aliphatic heterocycles. The zero-order chi connectivity index (χ0) is 20.8. The Bertz CT molecular complexity index is 458. The van der Waals surface area contributed by atoms with Crippen molar-refractivity contribution in [3.05, 3.63) is 0 Å². The number of hydrogen-bond acceptors (Lipinski definition) is 10. The molecule has 2 atom stereocenters. The van der Waals surface area contributed by atoms with E-state index in [-0.39, 0.29) is 38.0 Å². The van der Waals surface area contributed by atoms with E-state index in [2.05, 4.69) is 10.2 Å². The highest BCUT2D eigenvalue weighted by Crippen LogP contribution is 2.14. The molecule has 0 aromatic rings. The van der Waals surface area contributed by atoms with Crippen molar-refractivity contribution in [2.75, 3.05) is 26.4 Å². The van der Waals surface area contributed by atoms with Crippen LogP contribution in [0.1, 0.15) is 33.6 Å². The first-order valence-electron chi connectivity index (χ1n) is 8.34. The lowest BCUT2D eigenvalue weighted by Crippen LogP contribution is -2.34. The van der Waals surface area contributed by atoms with E-state index in [1.807, 2.05) is 13.8 Å². The fourth-order valence-corrected chi connectivity index (χ4v) is 2.15. The second kappa shape index (κ2) is 14.1. The third kappa shape index (κ3) is 15.9. The molecule has 0 heterocycles. The molecule has 0 spiro atoms. The maximum atomic E-state index is 11.7. The number of carboxylic acid groups (broad SMARTS) is 1. The van der Waals surface area contributed by atoms with Crippen LogP contribution in [0.4, 0.5) is 4.79 Å². The Balaban J connectivity index is 4.04. The summed E-state index contributed by atoms with van der Waals surface area (Å²) in [5.74, 6) is -1.72. The molecular weight excluding hydrogens is 368 g/mol. The summed E-state index contributed by atoms with van der Waals surface area (Å²) in [4.78, 5) is 38.2. The van der Waals surface area contributed by atoms with Gasteiger partial charge in [-0.25, -0.2) is 14.4 Å². The van der Waals surface area contributed by atoms with Crippen LogP contribution in [0.15, 0.2) is 0 Å². The molecule has 0 aliphatic carbocycles. The number of hydrogen-bond donors (Lipinski definition) is 4. The van der Waals surface area contributed by atoms with E-state index in [0.29, 0.717) is 6.42 Å². The summed E-state index contributed by atoms with van der Waals surface area (Å²) in [6.45, 7) is 4.59. The number of alkyl carbamates (subject to hydrolysis) is 1. The molecule has 1 unspecified atom stereocenters. The molecule has 4 N–H and O–H groups in total. The number of carbonyl (C=O) groups is 3. The smallest absolute Gasteiger partial charge is 0.410 e. The molecule has 0 rings (SSSR count). The van der Waals surface area contributed by atoms with Crippen molar-refractivity contribution < 1.29 is 49.0 Å². The number of carboxylic acids is 1. The van der Waals surface area contributed by atoms with Crippen molar-refractivity contribution in [3.63, 3.8) is 0 Å². The van der Waals surface area contributed by atoms with Gasteiger partial charge in [-0.05, 0) is 18.3 Å². The Morgan fingerprint density at radius 2 is 1.74 bits per heavy atom. The van der Waals surface area contributed by atoms with Gasteiger partial charge in [0.15, 0.2) is 0 Å². The third-order valence-corrected chi connectivity index (χ3v) is 3.03. The van der Waals surface area contributed by atoms with Crippen LogP contribution in [0.3, 0.4) is 0 Å². The standard InChI is InChI=1S/C15H28N2O10/c1-10(2)6-12(7-13(18)19)8-16-15(21)27-11(3)26-14(20)9-24-4-5-25-17(22)23/h10-12,22-23H,4-9H2,1-3H3,(H,16,21)(H,18,19)/t11?,12-/m0/s1. The molecule has 0 bridgehead atoms. The molecule has 0 aliphatic rings. The van der Waals surface area contributed by atoms with E-state index in [0.717, 1.165) is 0 Å². The Morgan fingerprint density at radius 3 is 2.30 bits per heavy atom. The van der Waals surface area contributed by atoms with E-state index in [4.69, 9.17) is 29.7 Å². The fourth-order valence-electron chi connectivity index (χ4n) is 2.15. The van der Waals surface area contributed by atoms with Crippen LogP contribution in [0.25, 0.3) is 0 Å². The highest BCUT2D eigenvalue weighted by molar-refractivity contribution is 5.71. The molecular formula is C15H28N2O10. The second-order valence-corrected chi connectivity index (χ2v) is 6.08. The number of rotatable bonds is 14. The van der Waals surface area contributed by atoms with Gasteiger partial charge in [-0.1, -0.05) is 13.8 Å². The number of nitrogens with one attached hydrogen (secondary N) is 1. The van der Waals surface area contributed by atoms with Crippen molar-refractivity contribution in [1.29, 1.82) is 0 Å². The number of esters is 1. The normalized spacial score (nSPS) is 13.3. The summed E-state index contributed by atoms with van der Waals surface area (Å²) >= 11 is 0. The maximum absolute atomic E-state index is 11.7. The maximum Gasteiger partial charge on any atom is 0.410 e. The number of amides is 1. The topological polar surface area (TPSA) is 164 Å². The number of carbonyl (C=O) groups excluding carboxylic acids is 2. The van der Waals surface area contributed by atoms with Gasteiger partial charge < -0.3 is 24.6 Å². The van der Waals surface area contributed by atoms with Crippen molar-refractivity contribution >= 4 is 18.0 Å². The Labute approximate surface area is 156 Å². The lowest BCUT2D eigenvalue weighted by atomic mass is 9.94. The molecule has 12 heteroatoms. The average Bonchev–Trinajstić information content (AvgIpc) is 2.50. The van der Waals surface area contributed by atoms with Crippen LogP contribution in [-0.4, -0.2) is 71.6 Å². The molecule has 158 valence electrons. The van der Waals surface area contributed by atoms with Gasteiger partial charge in [0, 0.05) is 19.9 Å². The minimum absolute atomic E-state index is 0.0750. The molecule has 27 heavy (non-hydrogen) atoms. The molecule has 0 radical (unpaired) electrons. The zero-order valence-corrected chi connectivity index (χ0v) is 15.6. The molecule has 0 saturated carbocycles. The van der Waals surface area contributed by atoms with Crippen LogP contribution in [-0.2, 0) is 28.6 Å². The number of ether oxygens (including phenoxy) is 3. The Kier molecular flexibility index (Phi) is 13.1. The van der Waals surface area contributed by atoms with Crippen molar-refractivity contribution in [3.8, 4) is 0 Å². The average molecular weight is 396 g/mol. The highest BCUT2D eigenvalue weighted by Gasteiger charge is 2.18. The quantitative estimate of drug-likeness (QED) is 0.142. The predicted octanol–water partition coefficient (Wildman–Crippen LogP) is 0.767. The van der Waals surface area contributed by atoms with E-state index in [9.17, 15) is 14.4 Å². The molecule has 12 nitrogen and oxygen atoms in total. The van der Waals surface area contributed by atoms with Gasteiger partial charge in [0.25, 0.3) is 0 Å². The monoisotopic (exact) mass is 396 g/mol. The van der Waals surface area contributed by atoms with Gasteiger partial charge in [0.1, 0.15) is 6.61 Å². The van der Waals surface area contributed by atoms with Gasteiger partial charge in [0.2, 0.25) is 6.29 Å². The molecule has 0 aromatic heterocycles. The summed E-state index contributed by atoms with van der Waals surface area (Å²) in [5.41, 5.74) is 0. The third-order valence-electron chi connectivity index (χ3n) is 3.03. The number of nitrogens with zero attached hydrogens (tertiary/aromatic N) is 1. The Morgan fingerprint density at radius 1 is 1.07 bits per heavy atom. The first kappa shape index (κ1) is 25.0. The lowest BCUT2D eigenvalue weighted by molar-refractivity contribution is -0.493. The van der Waals surface area contributed by atoms with Crippen LogP contribution in [0.2, 0.25) is 0 Å². The lowest BCUT2D eigenvalue weighted by Gasteiger charge is -2.19. The first-order chi connectivity index (χ1) is 12.6. The van der Waals surface area contributed by atoms with Crippen LogP contribution in [0, 0.1) is 11.8 Å². The SMILES string of the molecule is CC(C)C[C@H](CNC(=O)OC(C)OC(=O)COCCON(O)O)CC(=O)O. The van der Waals surface area contributed by atoms with E-state index >= 15 is 0 Å². The van der Waals surface area contributed by atoms with Crippen LogP contribution >= 0.6 is 0 Å². The molecule has 1 amide bonds. The van der Waals surface area contributed by atoms with Crippen LogP contribution in [0.5, 0.6) is 0 Å². The minimum Gasteiger partial charge on any atom is -0.481 e. The summed E-state index contributed by atoms with van der Waals surface area (Å²) in [6, 6.07) is 0. The van der Waals surface area contributed by atoms with Gasteiger partial charge in [0.05, 0.1) is 18.6 Å². The van der Waals surface area contributed by atoms with E-state index in [1.54, 1.807) is 0 Å². The summed E-state index contributed by atoms with van der Waals surface area (Å²) in [6.07, 6.45) is -1.46. The van der Waals surface area contributed by atoms with Gasteiger partial charge in [-0.3, -0.25) is 15.2 Å². The number of aliphatic carboxylic acids is 1. The van der Waals surface area contributed by atoms with Crippen molar-refractivity contribution in [2.24, 2.45) is 11.8 Å². The van der Waals surface area contributed by atoms with Gasteiger partial charge in [-0.15, -0.1) is 0 Å². The fraction of sp³-hybridized carbons (Fsp3) is 0.800. The second-order valence-electron chi connectivity index (χ2n) is 6.08. The van der Waals surface area contributed by atoms with E-state index in [1.165, 1.54) is 6.92 Å². The van der Waals surface area contributed by atoms with Crippen molar-refractivity contribution in [2.45, 2.75) is 39.9 Å². The summed E-state index contributed by atoms with van der Waals surface area (Å²) in [7, 11) is 0. The summed E-state index contributed by atoms with van der Waals surface area (Å²) < 4.78 is 14.5. The largest absolute Gasteiger partial charge is 0.481 e. The van der Waals surface area contributed by atoms with Crippen molar-refractivity contribution in [1.82, 2.24) is 10.7 Å². The molecule has 0 aromatic carbocycles. The predicted molar refractivity (Wildman–Crippen MR) is 87.4 cm³/mol. The molecule has 0 saturated heterocycles. The van der Waals surface area contributed by atoms with Gasteiger partial charge in [-0.2, -0.15) is 0 Å². The Hall–Kier alpha value is -1.99.